The summed E-state index contributed by atoms with van der Waals surface area (Å²) in [5.74, 6) is 0. The van der Waals surface area contributed by atoms with Crippen LogP contribution in [0.5, 0.6) is 0 Å². The number of rotatable bonds is 7. The van der Waals surface area contributed by atoms with Crippen molar-refractivity contribution in [1.29, 1.82) is 0 Å². The van der Waals surface area contributed by atoms with Crippen molar-refractivity contribution in [2.45, 2.75) is 25.5 Å². The molecule has 0 saturated heterocycles. The molecule has 0 fully saturated rings. The normalized spacial score (nSPS) is 16.0. The Balaban J connectivity index is 3.27. The fraction of sp³-hybridized carbons (Fsp3) is 1.00. The lowest BCUT2D eigenvalue weighted by molar-refractivity contribution is 0.00146. The van der Waals surface area contributed by atoms with Gasteiger partial charge in [-0.2, -0.15) is 0 Å². The molecule has 2 unspecified atom stereocenters. The predicted octanol–water partition coefficient (Wildman–Crippen LogP) is -0.252. The summed E-state index contributed by atoms with van der Waals surface area (Å²) >= 11 is 0. The average Bonchev–Trinajstić information content (AvgIpc) is 2.02. The van der Waals surface area contributed by atoms with Crippen molar-refractivity contribution in [2.24, 2.45) is 5.73 Å². The third-order valence-corrected chi connectivity index (χ3v) is 1.50. The average molecular weight is 177 g/mol. The second-order valence-electron chi connectivity index (χ2n) is 2.87. The molecule has 4 nitrogen and oxygen atoms in total. The highest BCUT2D eigenvalue weighted by Gasteiger charge is 2.05. The molecule has 74 valence electrons. The van der Waals surface area contributed by atoms with Gasteiger partial charge in [0.2, 0.25) is 0 Å². The molecule has 0 aromatic rings. The summed E-state index contributed by atoms with van der Waals surface area (Å²) in [4.78, 5) is 0. The van der Waals surface area contributed by atoms with Gasteiger partial charge in [0.05, 0.1) is 19.3 Å². The standard InChI is InChI=1S/C8H19NO3/c1-7(5-11-2)12-6-8(9)3-4-10/h7-8,10H,3-6,9H2,1-2H3. The van der Waals surface area contributed by atoms with Crippen LogP contribution in [-0.2, 0) is 9.47 Å². The molecule has 0 spiro atoms. The molecule has 0 radical (unpaired) electrons. The minimum Gasteiger partial charge on any atom is -0.396 e. The van der Waals surface area contributed by atoms with Crippen molar-refractivity contribution >= 4 is 0 Å². The van der Waals surface area contributed by atoms with Gasteiger partial charge in [0.15, 0.2) is 0 Å². The highest BCUT2D eigenvalue weighted by Crippen LogP contribution is 1.94. The van der Waals surface area contributed by atoms with Crippen LogP contribution in [0.2, 0.25) is 0 Å². The van der Waals surface area contributed by atoms with Crippen LogP contribution < -0.4 is 5.73 Å². The number of aliphatic hydroxyl groups excluding tert-OH is 1. The Kier molecular flexibility index (Phi) is 7.39. The summed E-state index contributed by atoms with van der Waals surface area (Å²) in [5.41, 5.74) is 5.60. The number of hydrogen-bond donors (Lipinski definition) is 2. The van der Waals surface area contributed by atoms with E-state index < -0.39 is 0 Å². The van der Waals surface area contributed by atoms with E-state index in [0.29, 0.717) is 19.6 Å². The highest BCUT2D eigenvalue weighted by molar-refractivity contribution is 4.59. The van der Waals surface area contributed by atoms with E-state index in [9.17, 15) is 0 Å². The van der Waals surface area contributed by atoms with Crippen molar-refractivity contribution in [1.82, 2.24) is 0 Å². The molecule has 0 heterocycles. The summed E-state index contributed by atoms with van der Waals surface area (Å²) < 4.78 is 10.2. The molecule has 4 heteroatoms. The molecule has 3 N–H and O–H groups in total. The molecular weight excluding hydrogens is 158 g/mol. The Morgan fingerprint density at radius 1 is 1.42 bits per heavy atom. The van der Waals surface area contributed by atoms with E-state index in [1.807, 2.05) is 6.92 Å². The van der Waals surface area contributed by atoms with Crippen LogP contribution in [0.25, 0.3) is 0 Å². The first kappa shape index (κ1) is 11.8. The Hall–Kier alpha value is -0.160. The first-order valence-corrected chi connectivity index (χ1v) is 4.17. The molecule has 0 aromatic heterocycles. The van der Waals surface area contributed by atoms with Crippen molar-refractivity contribution in [2.75, 3.05) is 26.9 Å². The van der Waals surface area contributed by atoms with Crippen LogP contribution in [0.3, 0.4) is 0 Å². The maximum atomic E-state index is 8.55. The second kappa shape index (κ2) is 7.49. The third-order valence-electron chi connectivity index (χ3n) is 1.50. The van der Waals surface area contributed by atoms with Gasteiger partial charge in [-0.3, -0.25) is 0 Å². The van der Waals surface area contributed by atoms with E-state index in [2.05, 4.69) is 0 Å². The van der Waals surface area contributed by atoms with Crippen LogP contribution in [0.1, 0.15) is 13.3 Å². The molecule has 12 heavy (non-hydrogen) atoms. The topological polar surface area (TPSA) is 64.7 Å². The quantitative estimate of drug-likeness (QED) is 0.562. The van der Waals surface area contributed by atoms with Crippen molar-refractivity contribution in [3.8, 4) is 0 Å². The van der Waals surface area contributed by atoms with E-state index >= 15 is 0 Å². The zero-order valence-electron chi connectivity index (χ0n) is 7.82. The Labute approximate surface area is 73.7 Å². The minimum atomic E-state index is -0.0747. The van der Waals surface area contributed by atoms with E-state index in [-0.39, 0.29) is 18.8 Å². The smallest absolute Gasteiger partial charge is 0.0781 e. The lowest BCUT2D eigenvalue weighted by Gasteiger charge is -2.15. The predicted molar refractivity (Wildman–Crippen MR) is 47.0 cm³/mol. The maximum absolute atomic E-state index is 8.55. The zero-order chi connectivity index (χ0) is 9.40. The first-order valence-electron chi connectivity index (χ1n) is 4.17. The van der Waals surface area contributed by atoms with Gasteiger partial charge in [0.1, 0.15) is 0 Å². The molecule has 0 aliphatic heterocycles. The van der Waals surface area contributed by atoms with Crippen molar-refractivity contribution in [3.05, 3.63) is 0 Å². The summed E-state index contributed by atoms with van der Waals surface area (Å²) in [7, 11) is 1.63. The van der Waals surface area contributed by atoms with Gasteiger partial charge in [-0.05, 0) is 13.3 Å². The van der Waals surface area contributed by atoms with Crippen molar-refractivity contribution < 1.29 is 14.6 Å². The fourth-order valence-electron chi connectivity index (χ4n) is 0.820. The molecular formula is C8H19NO3. The van der Waals surface area contributed by atoms with E-state index in [1.165, 1.54) is 0 Å². The van der Waals surface area contributed by atoms with Crippen molar-refractivity contribution in [3.63, 3.8) is 0 Å². The summed E-state index contributed by atoms with van der Waals surface area (Å²) in [5, 5.41) is 8.55. The first-order chi connectivity index (χ1) is 5.70. The largest absolute Gasteiger partial charge is 0.396 e. The lowest BCUT2D eigenvalue weighted by Crippen LogP contribution is -2.30. The van der Waals surface area contributed by atoms with Crippen LogP contribution in [-0.4, -0.2) is 44.2 Å². The van der Waals surface area contributed by atoms with E-state index in [1.54, 1.807) is 7.11 Å². The monoisotopic (exact) mass is 177 g/mol. The number of methoxy groups -OCH3 is 1. The molecule has 0 aliphatic rings. The molecule has 0 bridgehead atoms. The maximum Gasteiger partial charge on any atom is 0.0781 e. The lowest BCUT2D eigenvalue weighted by atomic mass is 10.2. The van der Waals surface area contributed by atoms with Gasteiger partial charge in [-0.25, -0.2) is 0 Å². The SMILES string of the molecule is COCC(C)OCC(N)CCO. The van der Waals surface area contributed by atoms with Gasteiger partial charge >= 0.3 is 0 Å². The number of nitrogens with two attached hydrogens (primary N) is 1. The Bertz CT molecular complexity index is 88.3. The van der Waals surface area contributed by atoms with Crippen LogP contribution in [0, 0.1) is 0 Å². The van der Waals surface area contributed by atoms with Crippen LogP contribution >= 0.6 is 0 Å². The van der Waals surface area contributed by atoms with E-state index in [0.717, 1.165) is 0 Å². The van der Waals surface area contributed by atoms with Gasteiger partial charge in [-0.1, -0.05) is 0 Å². The third kappa shape index (κ3) is 6.54. The van der Waals surface area contributed by atoms with Gasteiger partial charge in [0, 0.05) is 19.8 Å². The molecule has 0 aromatic carbocycles. The molecule has 2 atom stereocenters. The van der Waals surface area contributed by atoms with Crippen LogP contribution in [0.4, 0.5) is 0 Å². The molecule has 0 aliphatic carbocycles. The number of ether oxygens (including phenoxy) is 2. The highest BCUT2D eigenvalue weighted by atomic mass is 16.5. The summed E-state index contributed by atoms with van der Waals surface area (Å²) in [6.07, 6.45) is 0.652. The molecule has 0 amide bonds. The fourth-order valence-corrected chi connectivity index (χ4v) is 0.820. The minimum absolute atomic E-state index is 0.0692. The number of aliphatic hydroxyl groups is 1. The molecule has 0 rings (SSSR count). The van der Waals surface area contributed by atoms with Crippen LogP contribution in [0.15, 0.2) is 0 Å². The summed E-state index contributed by atoms with van der Waals surface area (Å²) in [6.45, 7) is 3.09. The Morgan fingerprint density at radius 2 is 2.08 bits per heavy atom. The second-order valence-corrected chi connectivity index (χ2v) is 2.87. The van der Waals surface area contributed by atoms with Gasteiger partial charge in [-0.15, -0.1) is 0 Å². The molecule has 0 saturated carbocycles. The van der Waals surface area contributed by atoms with E-state index in [4.69, 9.17) is 20.3 Å². The van der Waals surface area contributed by atoms with Gasteiger partial charge in [0.25, 0.3) is 0 Å². The van der Waals surface area contributed by atoms with Gasteiger partial charge < -0.3 is 20.3 Å². The Morgan fingerprint density at radius 3 is 2.58 bits per heavy atom. The summed E-state index contributed by atoms with van der Waals surface area (Å²) in [6, 6.07) is -0.0747. The zero-order valence-corrected chi connectivity index (χ0v) is 7.82. The number of hydrogen-bond acceptors (Lipinski definition) is 4.